The molecule has 6 nitrogen and oxygen atoms in total. The minimum absolute atomic E-state index is 0.0143. The summed E-state index contributed by atoms with van der Waals surface area (Å²) < 4.78 is 0. The van der Waals surface area contributed by atoms with E-state index in [0.29, 0.717) is 12.1 Å². The SMILES string of the molecule is CC(C)C(NC(=O)c1ccc(C(C)(C)C)cc1)C(=O)NCCCN1CCN(C)CC1. The summed E-state index contributed by atoms with van der Waals surface area (Å²) in [5.41, 5.74) is 1.80. The van der Waals surface area contributed by atoms with Gasteiger partial charge in [0.1, 0.15) is 6.04 Å². The number of hydrogen-bond acceptors (Lipinski definition) is 4. The van der Waals surface area contributed by atoms with Gasteiger partial charge >= 0.3 is 0 Å². The Morgan fingerprint density at radius 2 is 1.63 bits per heavy atom. The van der Waals surface area contributed by atoms with Gasteiger partial charge in [0.25, 0.3) is 5.91 Å². The van der Waals surface area contributed by atoms with Crippen LogP contribution in [0.3, 0.4) is 0 Å². The molecule has 2 N–H and O–H groups in total. The second-order valence-corrected chi connectivity index (χ2v) is 9.81. The lowest BCUT2D eigenvalue weighted by molar-refractivity contribution is -0.123. The van der Waals surface area contributed by atoms with Crippen LogP contribution in [0, 0.1) is 5.92 Å². The van der Waals surface area contributed by atoms with Gasteiger partial charge in [0, 0.05) is 38.3 Å². The fourth-order valence-electron chi connectivity index (χ4n) is 3.58. The number of likely N-dealkylation sites (N-methyl/N-ethyl adjacent to an activating group) is 1. The predicted molar refractivity (Wildman–Crippen MR) is 123 cm³/mol. The highest BCUT2D eigenvalue weighted by molar-refractivity contribution is 5.97. The number of piperazine rings is 1. The standard InChI is InChI=1S/C24H40N4O2/c1-18(2)21(23(30)25-12-7-13-28-16-14-27(6)15-17-28)26-22(29)19-8-10-20(11-9-19)24(3,4)5/h8-11,18,21H,7,12-17H2,1-6H3,(H,25,30)(H,26,29). The van der Waals surface area contributed by atoms with E-state index in [4.69, 9.17) is 0 Å². The van der Waals surface area contributed by atoms with Crippen LogP contribution in [0.4, 0.5) is 0 Å². The zero-order chi connectivity index (χ0) is 22.3. The largest absolute Gasteiger partial charge is 0.354 e. The van der Waals surface area contributed by atoms with Crippen molar-refractivity contribution in [3.8, 4) is 0 Å². The van der Waals surface area contributed by atoms with E-state index in [0.717, 1.165) is 39.1 Å². The molecule has 0 radical (unpaired) electrons. The number of hydrogen-bond donors (Lipinski definition) is 2. The van der Waals surface area contributed by atoms with Gasteiger partial charge < -0.3 is 20.4 Å². The maximum absolute atomic E-state index is 12.7. The molecular weight excluding hydrogens is 376 g/mol. The molecule has 0 spiro atoms. The molecule has 0 aliphatic carbocycles. The fourth-order valence-corrected chi connectivity index (χ4v) is 3.58. The van der Waals surface area contributed by atoms with Gasteiger partial charge in [0.15, 0.2) is 0 Å². The zero-order valence-electron chi connectivity index (χ0n) is 19.6. The van der Waals surface area contributed by atoms with E-state index in [1.807, 2.05) is 38.1 Å². The Labute approximate surface area is 182 Å². The molecule has 30 heavy (non-hydrogen) atoms. The third kappa shape index (κ3) is 7.40. The predicted octanol–water partition coefficient (Wildman–Crippen LogP) is 2.49. The number of carbonyl (C=O) groups excluding carboxylic acids is 2. The third-order valence-corrected chi connectivity index (χ3v) is 5.80. The van der Waals surface area contributed by atoms with E-state index >= 15 is 0 Å². The molecule has 1 unspecified atom stereocenters. The van der Waals surface area contributed by atoms with Gasteiger partial charge in [-0.25, -0.2) is 0 Å². The molecule has 2 amide bonds. The first kappa shape index (κ1) is 24.4. The van der Waals surface area contributed by atoms with Crippen LogP contribution >= 0.6 is 0 Å². The quantitative estimate of drug-likeness (QED) is 0.639. The molecular formula is C24H40N4O2. The number of carbonyl (C=O) groups is 2. The summed E-state index contributed by atoms with van der Waals surface area (Å²) in [7, 11) is 2.15. The lowest BCUT2D eigenvalue weighted by Gasteiger charge is -2.32. The zero-order valence-corrected chi connectivity index (χ0v) is 19.6. The smallest absolute Gasteiger partial charge is 0.251 e. The number of nitrogens with one attached hydrogen (secondary N) is 2. The Morgan fingerprint density at radius 3 is 2.17 bits per heavy atom. The number of rotatable bonds is 8. The highest BCUT2D eigenvalue weighted by atomic mass is 16.2. The molecule has 1 atom stereocenters. The molecule has 1 aliphatic heterocycles. The molecule has 6 heteroatoms. The van der Waals surface area contributed by atoms with E-state index in [2.05, 4.69) is 48.3 Å². The highest BCUT2D eigenvalue weighted by Gasteiger charge is 2.25. The van der Waals surface area contributed by atoms with Gasteiger partial charge in [-0.3, -0.25) is 9.59 Å². The summed E-state index contributed by atoms with van der Waals surface area (Å²) >= 11 is 0. The summed E-state index contributed by atoms with van der Waals surface area (Å²) in [6.07, 6.45) is 0.919. The molecule has 1 aromatic rings. The summed E-state index contributed by atoms with van der Waals surface area (Å²) in [6, 6.07) is 7.10. The van der Waals surface area contributed by atoms with Gasteiger partial charge in [0.05, 0.1) is 0 Å². The van der Waals surface area contributed by atoms with Gasteiger partial charge in [-0.15, -0.1) is 0 Å². The molecule has 1 heterocycles. The maximum Gasteiger partial charge on any atom is 0.251 e. The van der Waals surface area contributed by atoms with Gasteiger partial charge in [-0.05, 0) is 49.0 Å². The Hall–Kier alpha value is -1.92. The Kier molecular flexibility index (Phi) is 8.86. The highest BCUT2D eigenvalue weighted by Crippen LogP contribution is 2.22. The van der Waals surface area contributed by atoms with Crippen LogP contribution in [-0.2, 0) is 10.2 Å². The molecule has 1 saturated heterocycles. The topological polar surface area (TPSA) is 64.7 Å². The minimum atomic E-state index is -0.538. The second-order valence-electron chi connectivity index (χ2n) is 9.81. The van der Waals surface area contributed by atoms with Crippen molar-refractivity contribution in [3.05, 3.63) is 35.4 Å². The molecule has 1 fully saturated rings. The molecule has 0 saturated carbocycles. The van der Waals surface area contributed by atoms with Crippen LogP contribution in [0.25, 0.3) is 0 Å². The maximum atomic E-state index is 12.7. The molecule has 1 aromatic carbocycles. The Balaban J connectivity index is 1.82. The van der Waals surface area contributed by atoms with Crippen LogP contribution in [0.15, 0.2) is 24.3 Å². The van der Waals surface area contributed by atoms with Crippen molar-refractivity contribution in [3.63, 3.8) is 0 Å². The lowest BCUT2D eigenvalue weighted by Crippen LogP contribution is -2.50. The molecule has 168 valence electrons. The average molecular weight is 417 g/mol. The van der Waals surface area contributed by atoms with E-state index in [1.54, 1.807) is 0 Å². The van der Waals surface area contributed by atoms with E-state index in [9.17, 15) is 9.59 Å². The number of amides is 2. The van der Waals surface area contributed by atoms with Crippen molar-refractivity contribution in [2.45, 2.75) is 52.5 Å². The Morgan fingerprint density at radius 1 is 1.03 bits per heavy atom. The number of benzene rings is 1. The third-order valence-electron chi connectivity index (χ3n) is 5.80. The minimum Gasteiger partial charge on any atom is -0.354 e. The van der Waals surface area contributed by atoms with E-state index in [-0.39, 0.29) is 23.1 Å². The normalized spacial score (nSPS) is 17.0. The van der Waals surface area contributed by atoms with Crippen LogP contribution < -0.4 is 10.6 Å². The van der Waals surface area contributed by atoms with Crippen molar-refractivity contribution in [1.29, 1.82) is 0 Å². The van der Waals surface area contributed by atoms with E-state index in [1.165, 1.54) is 5.56 Å². The van der Waals surface area contributed by atoms with Crippen molar-refractivity contribution in [1.82, 2.24) is 20.4 Å². The summed E-state index contributed by atoms with van der Waals surface area (Å²) in [4.78, 5) is 30.1. The molecule has 0 aromatic heterocycles. The van der Waals surface area contributed by atoms with Crippen LogP contribution in [0.1, 0.15) is 57.0 Å². The molecule has 2 rings (SSSR count). The van der Waals surface area contributed by atoms with Crippen LogP contribution in [0.5, 0.6) is 0 Å². The van der Waals surface area contributed by atoms with Gasteiger partial charge in [-0.1, -0.05) is 46.8 Å². The first-order chi connectivity index (χ1) is 14.1. The lowest BCUT2D eigenvalue weighted by atomic mass is 9.86. The summed E-state index contributed by atoms with van der Waals surface area (Å²) in [6.45, 7) is 16.3. The first-order valence-corrected chi connectivity index (χ1v) is 11.2. The summed E-state index contributed by atoms with van der Waals surface area (Å²) in [5.74, 6) is -0.301. The summed E-state index contributed by atoms with van der Waals surface area (Å²) in [5, 5.41) is 5.93. The van der Waals surface area contributed by atoms with Gasteiger partial charge in [0.2, 0.25) is 5.91 Å². The van der Waals surface area contributed by atoms with Crippen molar-refractivity contribution < 1.29 is 9.59 Å². The number of nitrogens with zero attached hydrogens (tertiary/aromatic N) is 2. The van der Waals surface area contributed by atoms with E-state index < -0.39 is 6.04 Å². The first-order valence-electron chi connectivity index (χ1n) is 11.2. The monoisotopic (exact) mass is 416 g/mol. The Bertz CT molecular complexity index is 686. The fraction of sp³-hybridized carbons (Fsp3) is 0.667. The van der Waals surface area contributed by atoms with Crippen molar-refractivity contribution in [2.24, 2.45) is 5.92 Å². The molecule has 1 aliphatic rings. The van der Waals surface area contributed by atoms with Crippen molar-refractivity contribution in [2.75, 3.05) is 46.3 Å². The van der Waals surface area contributed by atoms with Crippen LogP contribution in [0.2, 0.25) is 0 Å². The van der Waals surface area contributed by atoms with Gasteiger partial charge in [-0.2, -0.15) is 0 Å². The van der Waals surface area contributed by atoms with Crippen LogP contribution in [-0.4, -0.2) is 74.0 Å². The second kappa shape index (κ2) is 10.9. The molecule has 0 bridgehead atoms. The van der Waals surface area contributed by atoms with Crippen molar-refractivity contribution >= 4 is 11.8 Å². The average Bonchev–Trinajstić information content (AvgIpc) is 2.69.